The zero-order valence-electron chi connectivity index (χ0n) is 12.0. The van der Waals surface area contributed by atoms with Crippen LogP contribution in [0.4, 0.5) is 0 Å². The summed E-state index contributed by atoms with van der Waals surface area (Å²) in [6.45, 7) is 2.03. The molecule has 0 spiro atoms. The normalized spacial score (nSPS) is 27.7. The van der Waals surface area contributed by atoms with E-state index >= 15 is 0 Å². The van der Waals surface area contributed by atoms with E-state index in [0.29, 0.717) is 30.4 Å². The number of fused-ring (bicyclic) bond motifs is 1. The van der Waals surface area contributed by atoms with E-state index in [0.717, 1.165) is 25.9 Å². The van der Waals surface area contributed by atoms with Crippen molar-refractivity contribution in [3.63, 3.8) is 0 Å². The summed E-state index contributed by atoms with van der Waals surface area (Å²) in [5.74, 6) is 1.09. The lowest BCUT2D eigenvalue weighted by Crippen LogP contribution is -2.35. The van der Waals surface area contributed by atoms with Gasteiger partial charge in [-0.25, -0.2) is 0 Å². The highest BCUT2D eigenvalue weighted by Crippen LogP contribution is 2.37. The summed E-state index contributed by atoms with van der Waals surface area (Å²) in [6, 6.07) is 2.04. The molecular weight excluding hydrogens is 286 g/mol. The van der Waals surface area contributed by atoms with Gasteiger partial charge < -0.3 is 16.0 Å². The number of carbonyl (C=O) groups excluding carboxylic acids is 2. The SMILES string of the molecule is NC1CCC2CN(C(=O)CCNC(=O)c3ccsc3)CC12. The van der Waals surface area contributed by atoms with E-state index in [9.17, 15) is 9.59 Å². The summed E-state index contributed by atoms with van der Waals surface area (Å²) in [6.07, 6.45) is 2.60. The maximum absolute atomic E-state index is 12.2. The molecule has 3 unspecified atom stereocenters. The zero-order chi connectivity index (χ0) is 14.8. The summed E-state index contributed by atoms with van der Waals surface area (Å²) in [7, 11) is 0. The van der Waals surface area contributed by atoms with E-state index in [-0.39, 0.29) is 17.9 Å². The molecular formula is C15H21N3O2S. The van der Waals surface area contributed by atoms with E-state index in [1.54, 1.807) is 11.4 Å². The molecule has 3 atom stereocenters. The predicted molar refractivity (Wildman–Crippen MR) is 82.0 cm³/mol. The largest absolute Gasteiger partial charge is 0.351 e. The van der Waals surface area contributed by atoms with Crippen LogP contribution in [0.3, 0.4) is 0 Å². The minimum absolute atomic E-state index is 0.107. The standard InChI is InChI=1S/C15H21N3O2S/c16-13-2-1-10-7-18(8-12(10)13)14(19)3-5-17-15(20)11-4-6-21-9-11/h4,6,9-10,12-13H,1-3,5,7-8,16H2,(H,17,20). The molecule has 1 aromatic heterocycles. The number of nitrogens with zero attached hydrogens (tertiary/aromatic N) is 1. The van der Waals surface area contributed by atoms with Gasteiger partial charge in [0.2, 0.25) is 5.91 Å². The van der Waals surface area contributed by atoms with Crippen LogP contribution in [0.5, 0.6) is 0 Å². The minimum Gasteiger partial charge on any atom is -0.351 e. The third kappa shape index (κ3) is 3.11. The van der Waals surface area contributed by atoms with Crippen LogP contribution in [0, 0.1) is 11.8 Å². The fourth-order valence-electron chi connectivity index (χ4n) is 3.45. The average molecular weight is 307 g/mol. The Balaban J connectivity index is 1.42. The molecule has 0 radical (unpaired) electrons. The van der Waals surface area contributed by atoms with E-state index in [2.05, 4.69) is 5.32 Å². The second-order valence-corrected chi connectivity index (χ2v) is 6.76. The van der Waals surface area contributed by atoms with Crippen molar-refractivity contribution in [3.05, 3.63) is 22.4 Å². The molecule has 1 aliphatic heterocycles. The van der Waals surface area contributed by atoms with Gasteiger partial charge in [-0.1, -0.05) is 0 Å². The number of thiophene rings is 1. The number of likely N-dealkylation sites (tertiary alicyclic amines) is 1. The van der Waals surface area contributed by atoms with E-state index in [4.69, 9.17) is 5.73 Å². The highest BCUT2D eigenvalue weighted by atomic mass is 32.1. The van der Waals surface area contributed by atoms with Crippen molar-refractivity contribution < 1.29 is 9.59 Å². The highest BCUT2D eigenvalue weighted by molar-refractivity contribution is 7.08. The quantitative estimate of drug-likeness (QED) is 0.873. The second-order valence-electron chi connectivity index (χ2n) is 5.98. The van der Waals surface area contributed by atoms with Crippen LogP contribution in [-0.4, -0.2) is 42.4 Å². The van der Waals surface area contributed by atoms with Crippen LogP contribution in [0.25, 0.3) is 0 Å². The molecule has 5 nitrogen and oxygen atoms in total. The van der Waals surface area contributed by atoms with Gasteiger partial charge >= 0.3 is 0 Å². The molecule has 0 aromatic carbocycles. The van der Waals surface area contributed by atoms with Crippen LogP contribution >= 0.6 is 11.3 Å². The Morgan fingerprint density at radius 2 is 2.24 bits per heavy atom. The molecule has 21 heavy (non-hydrogen) atoms. The van der Waals surface area contributed by atoms with Gasteiger partial charge in [-0.05, 0) is 36.1 Å². The molecule has 1 aromatic rings. The van der Waals surface area contributed by atoms with Crippen LogP contribution in [0.2, 0.25) is 0 Å². The monoisotopic (exact) mass is 307 g/mol. The summed E-state index contributed by atoms with van der Waals surface area (Å²) < 4.78 is 0. The summed E-state index contributed by atoms with van der Waals surface area (Å²) in [5.41, 5.74) is 6.74. The molecule has 0 bridgehead atoms. The lowest BCUT2D eigenvalue weighted by Gasteiger charge is -2.18. The van der Waals surface area contributed by atoms with Crippen LogP contribution in [0.1, 0.15) is 29.6 Å². The first kappa shape index (κ1) is 14.5. The Kier molecular flexibility index (Phi) is 4.26. The molecule has 2 aliphatic rings. The van der Waals surface area contributed by atoms with Gasteiger partial charge in [-0.3, -0.25) is 9.59 Å². The maximum atomic E-state index is 12.2. The van der Waals surface area contributed by atoms with Crippen molar-refractivity contribution in [3.8, 4) is 0 Å². The molecule has 6 heteroatoms. The summed E-state index contributed by atoms with van der Waals surface area (Å²) in [5, 5.41) is 6.47. The lowest BCUT2D eigenvalue weighted by atomic mass is 9.98. The van der Waals surface area contributed by atoms with Crippen molar-refractivity contribution in [2.45, 2.75) is 25.3 Å². The molecule has 1 saturated heterocycles. The van der Waals surface area contributed by atoms with Crippen LogP contribution in [0.15, 0.2) is 16.8 Å². The molecule has 114 valence electrons. The molecule has 3 rings (SSSR count). The van der Waals surface area contributed by atoms with Crippen LogP contribution < -0.4 is 11.1 Å². The number of hydrogen-bond acceptors (Lipinski definition) is 4. The van der Waals surface area contributed by atoms with E-state index in [1.165, 1.54) is 11.3 Å². The number of rotatable bonds is 4. The molecule has 1 aliphatic carbocycles. The van der Waals surface area contributed by atoms with Crippen molar-refractivity contribution in [1.82, 2.24) is 10.2 Å². The van der Waals surface area contributed by atoms with Crippen molar-refractivity contribution in [1.29, 1.82) is 0 Å². The Morgan fingerprint density at radius 1 is 1.38 bits per heavy atom. The number of carbonyl (C=O) groups is 2. The number of amides is 2. The van der Waals surface area contributed by atoms with Crippen molar-refractivity contribution in [2.75, 3.05) is 19.6 Å². The smallest absolute Gasteiger partial charge is 0.252 e. The van der Waals surface area contributed by atoms with Gasteiger partial charge in [-0.2, -0.15) is 11.3 Å². The topological polar surface area (TPSA) is 75.4 Å². The Labute approximate surface area is 128 Å². The fourth-order valence-corrected chi connectivity index (χ4v) is 4.08. The van der Waals surface area contributed by atoms with Gasteiger partial charge in [0.1, 0.15) is 0 Å². The molecule has 2 fully saturated rings. The first-order valence-corrected chi connectivity index (χ1v) is 8.43. The Bertz CT molecular complexity index is 517. The van der Waals surface area contributed by atoms with Gasteiger partial charge in [0, 0.05) is 43.0 Å². The van der Waals surface area contributed by atoms with Gasteiger partial charge in [0.05, 0.1) is 0 Å². The predicted octanol–water partition coefficient (Wildman–Crippen LogP) is 1.06. The van der Waals surface area contributed by atoms with E-state index in [1.807, 2.05) is 10.3 Å². The van der Waals surface area contributed by atoms with Crippen molar-refractivity contribution in [2.24, 2.45) is 17.6 Å². The second kappa shape index (κ2) is 6.15. The van der Waals surface area contributed by atoms with Crippen molar-refractivity contribution >= 4 is 23.2 Å². The molecule has 2 amide bonds. The zero-order valence-corrected chi connectivity index (χ0v) is 12.8. The lowest BCUT2D eigenvalue weighted by molar-refractivity contribution is -0.130. The number of nitrogens with two attached hydrogens (primary N) is 1. The van der Waals surface area contributed by atoms with Gasteiger partial charge in [-0.15, -0.1) is 0 Å². The van der Waals surface area contributed by atoms with Gasteiger partial charge in [0.25, 0.3) is 5.91 Å². The summed E-state index contributed by atoms with van der Waals surface area (Å²) in [4.78, 5) is 25.9. The summed E-state index contributed by atoms with van der Waals surface area (Å²) >= 11 is 1.49. The first-order valence-electron chi connectivity index (χ1n) is 7.49. The minimum atomic E-state index is -0.107. The van der Waals surface area contributed by atoms with Gasteiger partial charge in [0.15, 0.2) is 0 Å². The first-order chi connectivity index (χ1) is 10.1. The molecule has 1 saturated carbocycles. The number of nitrogens with one attached hydrogen (secondary N) is 1. The Hall–Kier alpha value is -1.40. The third-order valence-corrected chi connectivity index (χ3v) is 5.36. The fraction of sp³-hybridized carbons (Fsp3) is 0.600. The maximum Gasteiger partial charge on any atom is 0.252 e. The van der Waals surface area contributed by atoms with E-state index < -0.39 is 0 Å². The molecule has 2 heterocycles. The molecule has 3 N–H and O–H groups in total. The highest BCUT2D eigenvalue weighted by Gasteiger charge is 2.42. The third-order valence-electron chi connectivity index (χ3n) is 4.67. The average Bonchev–Trinajstić information content (AvgIpc) is 3.17. The Morgan fingerprint density at radius 3 is 2.95 bits per heavy atom. The number of hydrogen-bond donors (Lipinski definition) is 2. The van der Waals surface area contributed by atoms with Crippen LogP contribution in [-0.2, 0) is 4.79 Å².